The minimum Gasteiger partial charge on any atom is -0.364 e. The van der Waals surface area contributed by atoms with Crippen LogP contribution in [0.25, 0.3) is 11.1 Å². The number of alkyl halides is 1. The van der Waals surface area contributed by atoms with Crippen molar-refractivity contribution in [2.75, 3.05) is 11.9 Å². The van der Waals surface area contributed by atoms with E-state index in [1.807, 2.05) is 0 Å². The molecular formula is C20H18F2N6O. The molecule has 1 aliphatic carbocycles. The summed E-state index contributed by atoms with van der Waals surface area (Å²) in [5.74, 6) is -0.735. The molecule has 9 heteroatoms. The van der Waals surface area contributed by atoms with Crippen molar-refractivity contribution in [2.45, 2.75) is 24.4 Å². The van der Waals surface area contributed by atoms with Gasteiger partial charge in [-0.15, -0.1) is 0 Å². The Morgan fingerprint density at radius 3 is 2.55 bits per heavy atom. The number of nitrogens with zero attached hydrogens (tertiary/aromatic N) is 4. The lowest BCUT2D eigenvalue weighted by Gasteiger charge is -2.43. The number of halogens is 2. The lowest BCUT2D eigenvalue weighted by Crippen LogP contribution is -2.49. The highest BCUT2D eigenvalue weighted by Crippen LogP contribution is 2.45. The molecule has 0 aromatic carbocycles. The normalized spacial score (nSPS) is 20.7. The molecule has 0 aliphatic heterocycles. The molecule has 1 fully saturated rings. The number of primary amides is 1. The molecule has 0 atom stereocenters. The maximum absolute atomic E-state index is 14.2. The second-order valence-electron chi connectivity index (χ2n) is 7.06. The van der Waals surface area contributed by atoms with E-state index in [0.717, 1.165) is 0 Å². The summed E-state index contributed by atoms with van der Waals surface area (Å²) < 4.78 is 27.8. The molecule has 1 aliphatic rings. The van der Waals surface area contributed by atoms with Gasteiger partial charge in [-0.25, -0.2) is 18.7 Å². The molecule has 29 heavy (non-hydrogen) atoms. The zero-order valence-corrected chi connectivity index (χ0v) is 15.3. The smallest absolute Gasteiger partial charge is 0.267 e. The van der Waals surface area contributed by atoms with Crippen molar-refractivity contribution in [3.63, 3.8) is 0 Å². The fourth-order valence-electron chi connectivity index (χ4n) is 3.55. The van der Waals surface area contributed by atoms with Gasteiger partial charge in [0.2, 0.25) is 5.95 Å². The van der Waals surface area contributed by atoms with Crippen LogP contribution in [0.1, 0.15) is 29.0 Å². The van der Waals surface area contributed by atoms with Gasteiger partial charge in [0.05, 0.1) is 5.69 Å². The highest BCUT2D eigenvalue weighted by Gasteiger charge is 2.48. The Balaban J connectivity index is 1.50. The van der Waals surface area contributed by atoms with Gasteiger partial charge >= 0.3 is 0 Å². The van der Waals surface area contributed by atoms with Crippen LogP contribution < -0.4 is 11.1 Å². The average molecular weight is 396 g/mol. The highest BCUT2D eigenvalue weighted by atomic mass is 19.1. The zero-order valence-electron chi connectivity index (χ0n) is 15.3. The van der Waals surface area contributed by atoms with Crippen LogP contribution in [0.15, 0.2) is 49.1 Å². The molecule has 1 saturated carbocycles. The zero-order chi connectivity index (χ0) is 20.4. The summed E-state index contributed by atoms with van der Waals surface area (Å²) in [6.07, 6.45) is 5.57. The third kappa shape index (κ3) is 3.75. The Bertz CT molecular complexity index is 1040. The topological polar surface area (TPSA) is 107 Å². The van der Waals surface area contributed by atoms with Gasteiger partial charge in [-0.3, -0.25) is 14.8 Å². The number of anilines is 1. The minimum atomic E-state index is -0.979. The maximum Gasteiger partial charge on any atom is 0.267 e. The second-order valence-corrected chi connectivity index (χ2v) is 7.06. The number of rotatable bonds is 6. The predicted octanol–water partition coefficient (Wildman–Crippen LogP) is 2.65. The van der Waals surface area contributed by atoms with E-state index in [4.69, 9.17) is 5.73 Å². The standard InChI is InChI=1S/C20H18F2N6O/c21-14-7-20(8-14,17-15(22)2-1-4-25-17)11-28-19-26-9-13(10-27-19)12-3-5-24-16(6-12)18(23)29/h1-6,9-10,14H,7-8,11H2,(H2,23,29)(H,26,27,28)/t14-,20-. The number of amides is 1. The number of pyridine rings is 2. The van der Waals surface area contributed by atoms with Gasteiger partial charge < -0.3 is 11.1 Å². The van der Waals surface area contributed by atoms with E-state index in [9.17, 15) is 13.6 Å². The van der Waals surface area contributed by atoms with Crippen LogP contribution in [0.2, 0.25) is 0 Å². The van der Waals surface area contributed by atoms with Gasteiger partial charge in [0, 0.05) is 42.3 Å². The van der Waals surface area contributed by atoms with Crippen molar-refractivity contribution in [2.24, 2.45) is 5.73 Å². The molecule has 3 aromatic heterocycles. The summed E-state index contributed by atoms with van der Waals surface area (Å²) in [4.78, 5) is 27.8. The van der Waals surface area contributed by atoms with Crippen LogP contribution in [-0.4, -0.2) is 38.6 Å². The minimum absolute atomic E-state index is 0.148. The molecular weight excluding hydrogens is 378 g/mol. The Morgan fingerprint density at radius 2 is 1.90 bits per heavy atom. The van der Waals surface area contributed by atoms with Gasteiger partial charge in [0.1, 0.15) is 17.7 Å². The molecule has 3 aromatic rings. The van der Waals surface area contributed by atoms with Crippen LogP contribution in [0, 0.1) is 5.82 Å². The number of aromatic nitrogens is 4. The fourth-order valence-corrected chi connectivity index (χ4v) is 3.55. The van der Waals surface area contributed by atoms with Gasteiger partial charge in [-0.2, -0.15) is 0 Å². The lowest BCUT2D eigenvalue weighted by atomic mass is 9.65. The Kier molecular flexibility index (Phi) is 4.87. The number of nitrogens with two attached hydrogens (primary N) is 1. The Hall–Kier alpha value is -3.49. The van der Waals surface area contributed by atoms with E-state index >= 15 is 0 Å². The summed E-state index contributed by atoms with van der Waals surface area (Å²) in [5.41, 5.74) is 6.31. The van der Waals surface area contributed by atoms with E-state index < -0.39 is 23.3 Å². The third-order valence-electron chi connectivity index (χ3n) is 5.07. The second kappa shape index (κ2) is 7.50. The van der Waals surface area contributed by atoms with Crippen LogP contribution in [0.5, 0.6) is 0 Å². The number of nitrogens with one attached hydrogen (secondary N) is 1. The van der Waals surface area contributed by atoms with Crippen molar-refractivity contribution < 1.29 is 13.6 Å². The number of carbonyl (C=O) groups is 1. The molecule has 4 rings (SSSR count). The first-order chi connectivity index (χ1) is 14.0. The van der Waals surface area contributed by atoms with Crippen molar-refractivity contribution in [1.29, 1.82) is 0 Å². The van der Waals surface area contributed by atoms with Gasteiger partial charge in [-0.1, -0.05) is 0 Å². The van der Waals surface area contributed by atoms with Gasteiger partial charge in [-0.05, 0) is 42.7 Å². The van der Waals surface area contributed by atoms with E-state index in [0.29, 0.717) is 17.1 Å². The molecule has 0 radical (unpaired) electrons. The Morgan fingerprint density at radius 1 is 1.14 bits per heavy atom. The summed E-state index contributed by atoms with van der Waals surface area (Å²) >= 11 is 0. The third-order valence-corrected chi connectivity index (χ3v) is 5.07. The number of carbonyl (C=O) groups excluding carboxylic acids is 1. The first kappa shape index (κ1) is 18.9. The van der Waals surface area contributed by atoms with E-state index in [1.165, 1.54) is 24.5 Å². The van der Waals surface area contributed by atoms with Crippen LogP contribution in [-0.2, 0) is 5.41 Å². The van der Waals surface area contributed by atoms with Crippen molar-refractivity contribution in [3.05, 3.63) is 66.3 Å². The first-order valence-corrected chi connectivity index (χ1v) is 9.04. The molecule has 1 amide bonds. The first-order valence-electron chi connectivity index (χ1n) is 9.04. The SMILES string of the molecule is NC(=O)c1cc(-c2cnc(NC[C@]3(c4ncccc4F)C[C@H](F)C3)nc2)ccn1. The maximum atomic E-state index is 14.2. The van der Waals surface area contributed by atoms with Crippen molar-refractivity contribution in [3.8, 4) is 11.1 Å². The van der Waals surface area contributed by atoms with Crippen molar-refractivity contribution >= 4 is 11.9 Å². The van der Waals surface area contributed by atoms with E-state index in [-0.39, 0.29) is 30.8 Å². The Labute approximate surface area is 165 Å². The molecule has 148 valence electrons. The highest BCUT2D eigenvalue weighted by molar-refractivity contribution is 5.91. The number of hydrogen-bond acceptors (Lipinski definition) is 6. The summed E-state index contributed by atoms with van der Waals surface area (Å²) in [6.45, 7) is 0.266. The summed E-state index contributed by atoms with van der Waals surface area (Å²) in [7, 11) is 0. The van der Waals surface area contributed by atoms with Gasteiger partial charge in [0.15, 0.2) is 0 Å². The molecule has 0 bridgehead atoms. The molecule has 3 heterocycles. The summed E-state index contributed by atoms with van der Waals surface area (Å²) in [6, 6.07) is 6.11. The quantitative estimate of drug-likeness (QED) is 0.663. The number of hydrogen-bond donors (Lipinski definition) is 2. The molecule has 7 nitrogen and oxygen atoms in total. The molecule has 0 unspecified atom stereocenters. The molecule has 0 spiro atoms. The largest absolute Gasteiger partial charge is 0.364 e. The fraction of sp³-hybridized carbons (Fsp3) is 0.250. The lowest BCUT2D eigenvalue weighted by molar-refractivity contribution is 0.0963. The molecule has 3 N–H and O–H groups in total. The van der Waals surface area contributed by atoms with E-state index in [2.05, 4.69) is 25.3 Å². The van der Waals surface area contributed by atoms with E-state index in [1.54, 1.807) is 24.5 Å². The van der Waals surface area contributed by atoms with Crippen LogP contribution in [0.4, 0.5) is 14.7 Å². The van der Waals surface area contributed by atoms with Crippen LogP contribution >= 0.6 is 0 Å². The average Bonchev–Trinajstić information content (AvgIpc) is 2.71. The van der Waals surface area contributed by atoms with Crippen LogP contribution in [0.3, 0.4) is 0 Å². The summed E-state index contributed by atoms with van der Waals surface area (Å²) in [5, 5.41) is 3.06. The predicted molar refractivity (Wildman–Crippen MR) is 102 cm³/mol. The van der Waals surface area contributed by atoms with Gasteiger partial charge in [0.25, 0.3) is 5.91 Å². The van der Waals surface area contributed by atoms with Crippen molar-refractivity contribution in [1.82, 2.24) is 19.9 Å². The molecule has 0 saturated heterocycles. The monoisotopic (exact) mass is 396 g/mol.